The van der Waals surface area contributed by atoms with Crippen LogP contribution < -0.4 is 0 Å². The smallest absolute Gasteiger partial charge is 0.168 e. The van der Waals surface area contributed by atoms with Crippen molar-refractivity contribution in [1.82, 2.24) is 0 Å². The van der Waals surface area contributed by atoms with Gasteiger partial charge < -0.3 is 10.2 Å². The molecule has 0 spiro atoms. The number of aromatic hydroxyl groups is 1. The molecule has 0 bridgehead atoms. The van der Waals surface area contributed by atoms with E-state index in [-0.39, 0.29) is 11.2 Å². The topological polar surface area (TPSA) is 40.5 Å². The molecule has 0 radical (unpaired) electrons. The van der Waals surface area contributed by atoms with Crippen molar-refractivity contribution in [2.24, 2.45) is 17.3 Å². The van der Waals surface area contributed by atoms with Crippen LogP contribution in [0.1, 0.15) is 61.6 Å². The van der Waals surface area contributed by atoms with Crippen molar-refractivity contribution in [2.75, 3.05) is 0 Å². The first-order chi connectivity index (χ1) is 13.4. The lowest BCUT2D eigenvalue weighted by atomic mass is 9.52. The van der Waals surface area contributed by atoms with Gasteiger partial charge in [0.15, 0.2) is 11.6 Å². The van der Waals surface area contributed by atoms with Gasteiger partial charge in [0.2, 0.25) is 0 Å². The van der Waals surface area contributed by atoms with Gasteiger partial charge in [-0.25, -0.2) is 4.39 Å². The van der Waals surface area contributed by atoms with Gasteiger partial charge in [-0.3, -0.25) is 0 Å². The van der Waals surface area contributed by atoms with E-state index in [2.05, 4.69) is 19.1 Å². The number of phenols is 1. The fraction of sp³-hybridized carbons (Fsp3) is 0.520. The van der Waals surface area contributed by atoms with Crippen LogP contribution >= 0.6 is 0 Å². The third kappa shape index (κ3) is 2.48. The van der Waals surface area contributed by atoms with Gasteiger partial charge in [0.05, 0.1) is 5.60 Å². The van der Waals surface area contributed by atoms with Gasteiger partial charge in [0.1, 0.15) is 0 Å². The van der Waals surface area contributed by atoms with E-state index in [4.69, 9.17) is 0 Å². The Morgan fingerprint density at radius 1 is 1.04 bits per heavy atom. The summed E-state index contributed by atoms with van der Waals surface area (Å²) in [5, 5.41) is 21.5. The highest BCUT2D eigenvalue weighted by Crippen LogP contribution is 2.65. The summed E-state index contributed by atoms with van der Waals surface area (Å²) in [5.41, 5.74) is 2.29. The molecule has 3 aliphatic rings. The lowest BCUT2D eigenvalue weighted by Crippen LogP contribution is -2.51. The second kappa shape index (κ2) is 6.32. The van der Waals surface area contributed by atoms with E-state index in [9.17, 15) is 14.6 Å². The van der Waals surface area contributed by atoms with Gasteiger partial charge in [-0.05, 0) is 84.5 Å². The first-order valence-electron chi connectivity index (χ1n) is 10.7. The van der Waals surface area contributed by atoms with Crippen molar-refractivity contribution >= 4 is 0 Å². The van der Waals surface area contributed by atoms with Crippen LogP contribution in [-0.4, -0.2) is 15.8 Å². The number of phenolic OH excluding ortho intramolecular Hbond substituents is 1. The molecule has 2 N–H and O–H groups in total. The number of aliphatic hydroxyl groups is 1. The van der Waals surface area contributed by atoms with Gasteiger partial charge >= 0.3 is 0 Å². The van der Waals surface area contributed by atoms with E-state index < -0.39 is 11.4 Å². The molecular formula is C25H29FO2. The number of benzene rings is 2. The number of rotatable bonds is 2. The van der Waals surface area contributed by atoms with Crippen LogP contribution in [0.5, 0.6) is 5.75 Å². The van der Waals surface area contributed by atoms with E-state index in [1.807, 2.05) is 24.3 Å². The molecule has 2 fully saturated rings. The average molecular weight is 381 g/mol. The minimum atomic E-state index is -0.662. The van der Waals surface area contributed by atoms with E-state index in [1.54, 1.807) is 0 Å². The second-order valence-electron chi connectivity index (χ2n) is 9.57. The Morgan fingerprint density at radius 3 is 2.61 bits per heavy atom. The molecule has 3 heteroatoms. The first kappa shape index (κ1) is 18.2. The molecule has 148 valence electrons. The Kier molecular flexibility index (Phi) is 4.10. The largest absolute Gasteiger partial charge is 0.505 e. The zero-order chi connectivity index (χ0) is 19.5. The summed E-state index contributed by atoms with van der Waals surface area (Å²) in [6.45, 7) is 2.30. The Bertz CT molecular complexity index is 895. The standard InChI is InChI=1S/C25H29FO2/c1-24-13-11-18-17-9-10-22(27)23(26)20(17)8-7-19(18)21(24)12-14-25(24,28)15-16-5-3-2-4-6-16/h2-6,9-10,18-19,21,27-28H,7-8,11-15H2,1H3/t18?,19?,21?,24-,25+/m0/s1. The fourth-order valence-corrected chi connectivity index (χ4v) is 6.95. The van der Waals surface area contributed by atoms with Gasteiger partial charge in [-0.1, -0.05) is 43.3 Å². The van der Waals surface area contributed by atoms with E-state index in [0.717, 1.165) is 49.7 Å². The van der Waals surface area contributed by atoms with E-state index >= 15 is 0 Å². The highest BCUT2D eigenvalue weighted by Gasteiger charge is 2.61. The average Bonchev–Trinajstić information content (AvgIpc) is 2.96. The van der Waals surface area contributed by atoms with Gasteiger partial charge in [-0.15, -0.1) is 0 Å². The summed E-state index contributed by atoms with van der Waals surface area (Å²) in [5.74, 6) is 0.688. The molecule has 3 unspecified atom stereocenters. The van der Waals surface area contributed by atoms with Crippen molar-refractivity contribution in [3.63, 3.8) is 0 Å². The maximum absolute atomic E-state index is 14.5. The van der Waals surface area contributed by atoms with E-state index in [0.29, 0.717) is 24.2 Å². The zero-order valence-corrected chi connectivity index (χ0v) is 16.5. The molecule has 2 aromatic carbocycles. The van der Waals surface area contributed by atoms with Crippen molar-refractivity contribution in [2.45, 2.75) is 63.4 Å². The summed E-state index contributed by atoms with van der Waals surface area (Å²) >= 11 is 0. The fourth-order valence-electron chi connectivity index (χ4n) is 6.95. The Balaban J connectivity index is 1.46. The molecular weight excluding hydrogens is 351 g/mol. The quantitative estimate of drug-likeness (QED) is 0.736. The number of hydrogen-bond acceptors (Lipinski definition) is 2. The highest BCUT2D eigenvalue weighted by molar-refractivity contribution is 5.42. The molecule has 0 heterocycles. The first-order valence-corrected chi connectivity index (χ1v) is 10.7. The molecule has 5 atom stereocenters. The molecule has 0 saturated heterocycles. The molecule has 0 amide bonds. The number of halogens is 1. The van der Waals surface area contributed by atoms with Crippen LogP contribution in [-0.2, 0) is 12.8 Å². The summed E-state index contributed by atoms with van der Waals surface area (Å²) < 4.78 is 14.5. The van der Waals surface area contributed by atoms with Crippen molar-refractivity contribution in [1.29, 1.82) is 0 Å². The minimum Gasteiger partial charge on any atom is -0.505 e. The van der Waals surface area contributed by atoms with Crippen LogP contribution in [0.2, 0.25) is 0 Å². The Hall–Kier alpha value is -1.87. The van der Waals surface area contributed by atoms with Crippen LogP contribution in [0, 0.1) is 23.1 Å². The third-order valence-corrected chi connectivity index (χ3v) is 8.48. The number of fused-ring (bicyclic) bond motifs is 5. The highest BCUT2D eigenvalue weighted by atomic mass is 19.1. The normalized spacial score (nSPS) is 36.5. The minimum absolute atomic E-state index is 0.0863. The summed E-state index contributed by atoms with van der Waals surface area (Å²) in [6, 6.07) is 13.8. The number of hydrogen-bond donors (Lipinski definition) is 2. The summed E-state index contributed by atoms with van der Waals surface area (Å²) in [6.07, 6.45) is 6.24. The summed E-state index contributed by atoms with van der Waals surface area (Å²) in [7, 11) is 0. The Morgan fingerprint density at radius 2 is 1.82 bits per heavy atom. The van der Waals surface area contributed by atoms with Crippen LogP contribution in [0.15, 0.2) is 42.5 Å². The molecule has 2 saturated carbocycles. The van der Waals surface area contributed by atoms with Gasteiger partial charge in [0.25, 0.3) is 0 Å². The lowest BCUT2D eigenvalue weighted by Gasteiger charge is -2.53. The predicted molar refractivity (Wildman–Crippen MR) is 108 cm³/mol. The molecule has 0 aromatic heterocycles. The SMILES string of the molecule is C[C@]12CCC3c4ccc(O)c(F)c4CCC3C1CC[C@@]2(O)Cc1ccccc1. The maximum Gasteiger partial charge on any atom is 0.168 e. The molecule has 5 rings (SSSR count). The monoisotopic (exact) mass is 380 g/mol. The van der Waals surface area contributed by atoms with Crippen molar-refractivity contribution in [3.05, 3.63) is 65.0 Å². The predicted octanol–water partition coefficient (Wildman–Crippen LogP) is 5.36. The molecule has 28 heavy (non-hydrogen) atoms. The second-order valence-corrected chi connectivity index (χ2v) is 9.57. The maximum atomic E-state index is 14.5. The van der Waals surface area contributed by atoms with Crippen LogP contribution in [0.25, 0.3) is 0 Å². The molecule has 2 nitrogen and oxygen atoms in total. The lowest BCUT2D eigenvalue weighted by molar-refractivity contribution is -0.102. The van der Waals surface area contributed by atoms with Gasteiger partial charge in [-0.2, -0.15) is 0 Å². The zero-order valence-electron chi connectivity index (χ0n) is 16.5. The third-order valence-electron chi connectivity index (χ3n) is 8.48. The summed E-state index contributed by atoms with van der Waals surface area (Å²) in [4.78, 5) is 0. The molecule has 3 aliphatic carbocycles. The van der Waals surface area contributed by atoms with Crippen LogP contribution in [0.4, 0.5) is 4.39 Å². The van der Waals surface area contributed by atoms with Crippen molar-refractivity contribution < 1.29 is 14.6 Å². The Labute approximate surface area is 166 Å². The van der Waals surface area contributed by atoms with Crippen molar-refractivity contribution in [3.8, 4) is 5.75 Å². The van der Waals surface area contributed by atoms with Crippen LogP contribution in [0.3, 0.4) is 0 Å². The van der Waals surface area contributed by atoms with Gasteiger partial charge in [0, 0.05) is 6.42 Å². The molecule has 0 aliphatic heterocycles. The molecule has 2 aromatic rings. The van der Waals surface area contributed by atoms with E-state index in [1.165, 1.54) is 11.6 Å².